The number of carbonyl (C=O) groups excluding carboxylic acids is 2. The molecule has 0 fully saturated rings. The molecule has 0 bridgehead atoms. The lowest BCUT2D eigenvalue weighted by Crippen LogP contribution is -2.37. The van der Waals surface area contributed by atoms with Crippen molar-refractivity contribution in [3.63, 3.8) is 0 Å². The number of hydrogen-bond donors (Lipinski definition) is 1. The van der Waals surface area contributed by atoms with Crippen LogP contribution in [0, 0.1) is 0 Å². The highest BCUT2D eigenvalue weighted by Crippen LogP contribution is 2.32. The smallest absolute Gasteiger partial charge is 0.254 e. The fourth-order valence-corrected chi connectivity index (χ4v) is 2.74. The number of likely N-dealkylation sites (N-methyl/N-ethyl adjacent to an activating group) is 1. The Kier molecular flexibility index (Phi) is 5.80. The van der Waals surface area contributed by atoms with E-state index in [2.05, 4.69) is 5.32 Å². The van der Waals surface area contributed by atoms with Gasteiger partial charge in [-0.15, -0.1) is 0 Å². The SMILES string of the molecule is CCN(CC(=O)Nc1ccc2c(c1)OCCO2)C(=O)c1ccc(OC)cc1. The van der Waals surface area contributed by atoms with Crippen molar-refractivity contribution in [2.75, 3.05) is 38.7 Å². The van der Waals surface area contributed by atoms with Gasteiger partial charge in [0.25, 0.3) is 5.91 Å². The Morgan fingerprint density at radius 2 is 1.78 bits per heavy atom. The summed E-state index contributed by atoms with van der Waals surface area (Å²) in [6, 6.07) is 12.0. The number of benzene rings is 2. The monoisotopic (exact) mass is 370 g/mol. The molecule has 0 aromatic heterocycles. The van der Waals surface area contributed by atoms with Crippen LogP contribution in [0.25, 0.3) is 0 Å². The maximum atomic E-state index is 12.6. The molecule has 142 valence electrons. The van der Waals surface area contributed by atoms with Gasteiger partial charge in [0.05, 0.1) is 7.11 Å². The molecule has 2 aromatic rings. The molecule has 0 radical (unpaired) electrons. The molecule has 2 amide bonds. The van der Waals surface area contributed by atoms with Crippen LogP contribution in [0.3, 0.4) is 0 Å². The summed E-state index contributed by atoms with van der Waals surface area (Å²) in [4.78, 5) is 26.5. The van der Waals surface area contributed by atoms with E-state index in [4.69, 9.17) is 14.2 Å². The van der Waals surface area contributed by atoms with Gasteiger partial charge < -0.3 is 24.4 Å². The molecule has 0 saturated heterocycles. The van der Waals surface area contributed by atoms with Crippen molar-refractivity contribution in [1.82, 2.24) is 4.90 Å². The van der Waals surface area contributed by atoms with Crippen LogP contribution in [-0.4, -0.2) is 50.1 Å². The van der Waals surface area contributed by atoms with Crippen molar-refractivity contribution in [3.05, 3.63) is 48.0 Å². The van der Waals surface area contributed by atoms with Gasteiger partial charge in [-0.25, -0.2) is 0 Å². The van der Waals surface area contributed by atoms with E-state index in [0.29, 0.717) is 48.3 Å². The predicted molar refractivity (Wildman–Crippen MR) is 101 cm³/mol. The first kappa shape index (κ1) is 18.6. The van der Waals surface area contributed by atoms with Gasteiger partial charge in [0.2, 0.25) is 5.91 Å². The highest BCUT2D eigenvalue weighted by Gasteiger charge is 2.18. The largest absolute Gasteiger partial charge is 0.497 e. The Morgan fingerprint density at radius 3 is 2.44 bits per heavy atom. The second-order valence-corrected chi connectivity index (χ2v) is 5.95. The zero-order valence-electron chi connectivity index (χ0n) is 15.4. The molecule has 7 nitrogen and oxygen atoms in total. The number of rotatable bonds is 6. The van der Waals surface area contributed by atoms with Gasteiger partial charge in [0.15, 0.2) is 11.5 Å². The fraction of sp³-hybridized carbons (Fsp3) is 0.300. The van der Waals surface area contributed by atoms with Crippen molar-refractivity contribution in [1.29, 1.82) is 0 Å². The maximum absolute atomic E-state index is 12.6. The van der Waals surface area contributed by atoms with Crippen LogP contribution >= 0.6 is 0 Å². The molecule has 0 aliphatic carbocycles. The van der Waals surface area contributed by atoms with Crippen LogP contribution in [0.4, 0.5) is 5.69 Å². The number of anilines is 1. The Morgan fingerprint density at radius 1 is 1.07 bits per heavy atom. The normalized spacial score (nSPS) is 12.2. The lowest BCUT2D eigenvalue weighted by molar-refractivity contribution is -0.116. The molecule has 3 rings (SSSR count). The Balaban J connectivity index is 1.63. The summed E-state index contributed by atoms with van der Waals surface area (Å²) in [5.74, 6) is 1.43. The average Bonchev–Trinajstić information content (AvgIpc) is 2.71. The molecule has 0 spiro atoms. The summed E-state index contributed by atoms with van der Waals surface area (Å²) in [7, 11) is 1.57. The summed E-state index contributed by atoms with van der Waals surface area (Å²) in [5.41, 5.74) is 1.10. The van der Waals surface area contributed by atoms with Crippen LogP contribution in [0.5, 0.6) is 17.2 Å². The van der Waals surface area contributed by atoms with Gasteiger partial charge in [-0.05, 0) is 43.3 Å². The second-order valence-electron chi connectivity index (χ2n) is 5.95. The zero-order chi connectivity index (χ0) is 19.2. The molecule has 1 aliphatic rings. The van der Waals surface area contributed by atoms with E-state index in [-0.39, 0.29) is 18.4 Å². The minimum atomic E-state index is -0.282. The molecule has 2 aromatic carbocycles. The van der Waals surface area contributed by atoms with Crippen LogP contribution in [-0.2, 0) is 4.79 Å². The van der Waals surface area contributed by atoms with Crippen molar-refractivity contribution >= 4 is 17.5 Å². The first-order chi connectivity index (χ1) is 13.1. The van der Waals surface area contributed by atoms with Gasteiger partial charge >= 0.3 is 0 Å². The fourth-order valence-electron chi connectivity index (χ4n) is 2.74. The van der Waals surface area contributed by atoms with Crippen molar-refractivity contribution < 1.29 is 23.8 Å². The molecule has 0 unspecified atom stereocenters. The molecule has 1 N–H and O–H groups in total. The molecule has 1 heterocycles. The molecule has 7 heteroatoms. The molecular formula is C20H22N2O5. The summed E-state index contributed by atoms with van der Waals surface area (Å²) in [6.45, 7) is 3.19. The third kappa shape index (κ3) is 4.49. The van der Waals surface area contributed by atoms with E-state index in [9.17, 15) is 9.59 Å². The van der Waals surface area contributed by atoms with Gasteiger partial charge in [0, 0.05) is 23.9 Å². The molecular weight excluding hydrogens is 348 g/mol. The number of carbonyl (C=O) groups is 2. The highest BCUT2D eigenvalue weighted by atomic mass is 16.6. The number of ether oxygens (including phenoxy) is 3. The average molecular weight is 370 g/mol. The second kappa shape index (κ2) is 8.44. The summed E-state index contributed by atoms with van der Waals surface area (Å²) < 4.78 is 16.1. The van der Waals surface area contributed by atoms with Gasteiger partial charge in [-0.2, -0.15) is 0 Å². The van der Waals surface area contributed by atoms with Crippen LogP contribution in [0.15, 0.2) is 42.5 Å². The third-order valence-corrected chi connectivity index (χ3v) is 4.17. The van der Waals surface area contributed by atoms with Gasteiger partial charge in [-0.1, -0.05) is 0 Å². The lowest BCUT2D eigenvalue weighted by Gasteiger charge is -2.21. The topological polar surface area (TPSA) is 77.1 Å². The van der Waals surface area contributed by atoms with Gasteiger partial charge in [0.1, 0.15) is 25.5 Å². The first-order valence-electron chi connectivity index (χ1n) is 8.73. The van der Waals surface area contributed by atoms with Crippen LogP contribution < -0.4 is 19.5 Å². The number of methoxy groups -OCH3 is 1. The summed E-state index contributed by atoms with van der Waals surface area (Å²) in [6.07, 6.45) is 0. The number of fused-ring (bicyclic) bond motifs is 1. The summed E-state index contributed by atoms with van der Waals surface area (Å²) >= 11 is 0. The minimum absolute atomic E-state index is 0.0458. The Bertz CT molecular complexity index is 820. The van der Waals surface area contributed by atoms with E-state index < -0.39 is 0 Å². The van der Waals surface area contributed by atoms with Crippen molar-refractivity contribution in [2.45, 2.75) is 6.92 Å². The molecule has 1 aliphatic heterocycles. The third-order valence-electron chi connectivity index (χ3n) is 4.17. The van der Waals surface area contributed by atoms with E-state index in [0.717, 1.165) is 0 Å². The van der Waals surface area contributed by atoms with E-state index in [1.807, 2.05) is 6.92 Å². The zero-order valence-corrected chi connectivity index (χ0v) is 15.4. The number of nitrogens with one attached hydrogen (secondary N) is 1. The number of amides is 2. The minimum Gasteiger partial charge on any atom is -0.497 e. The standard InChI is InChI=1S/C20H22N2O5/c1-3-22(20(24)14-4-7-16(25-2)8-5-14)13-19(23)21-15-6-9-17-18(12-15)27-11-10-26-17/h4-9,12H,3,10-11,13H2,1-2H3,(H,21,23). The van der Waals surface area contributed by atoms with Gasteiger partial charge in [-0.3, -0.25) is 9.59 Å². The van der Waals surface area contributed by atoms with Crippen LogP contribution in [0.1, 0.15) is 17.3 Å². The molecule has 0 saturated carbocycles. The van der Waals surface area contributed by atoms with Crippen molar-refractivity contribution in [3.8, 4) is 17.2 Å². The van der Waals surface area contributed by atoms with E-state index >= 15 is 0 Å². The Hall–Kier alpha value is -3.22. The summed E-state index contributed by atoms with van der Waals surface area (Å²) in [5, 5.41) is 2.79. The van der Waals surface area contributed by atoms with E-state index in [1.165, 1.54) is 4.90 Å². The quantitative estimate of drug-likeness (QED) is 0.846. The highest BCUT2D eigenvalue weighted by molar-refractivity contribution is 5.99. The molecule has 0 atom stereocenters. The number of nitrogens with zero attached hydrogens (tertiary/aromatic N) is 1. The lowest BCUT2D eigenvalue weighted by atomic mass is 10.2. The first-order valence-corrected chi connectivity index (χ1v) is 8.73. The van der Waals surface area contributed by atoms with Crippen molar-refractivity contribution in [2.24, 2.45) is 0 Å². The van der Waals surface area contributed by atoms with E-state index in [1.54, 1.807) is 49.6 Å². The predicted octanol–water partition coefficient (Wildman–Crippen LogP) is 2.57. The van der Waals surface area contributed by atoms with Crippen LogP contribution in [0.2, 0.25) is 0 Å². The molecule has 27 heavy (non-hydrogen) atoms. The maximum Gasteiger partial charge on any atom is 0.254 e. The number of hydrogen-bond acceptors (Lipinski definition) is 5. The Labute approximate surface area is 157 Å².